The van der Waals surface area contributed by atoms with E-state index in [1.807, 2.05) is 6.07 Å². The number of nitrogens with one attached hydrogen (secondary N) is 2. The van der Waals surface area contributed by atoms with Crippen LogP contribution < -0.4 is 14.8 Å². The molecule has 0 aromatic heterocycles. The third-order valence-electron chi connectivity index (χ3n) is 3.39. The third-order valence-corrected chi connectivity index (χ3v) is 4.92. The minimum atomic E-state index is -3.42. The van der Waals surface area contributed by atoms with Crippen molar-refractivity contribution in [3.05, 3.63) is 59.1 Å². The van der Waals surface area contributed by atoms with E-state index in [0.717, 1.165) is 5.56 Å². The smallest absolute Gasteiger partial charge is 0.248 e. The van der Waals surface area contributed by atoms with Gasteiger partial charge in [0.05, 0.1) is 18.6 Å². The first kappa shape index (κ1) is 19.8. The molecule has 0 heterocycles. The molecular weight excluding hydrogens is 376 g/mol. The number of hydrogen-bond acceptors (Lipinski definition) is 4. The molecule has 6 nitrogen and oxygen atoms in total. The molecule has 8 heteroatoms. The van der Waals surface area contributed by atoms with Crippen LogP contribution in [0.3, 0.4) is 0 Å². The minimum absolute atomic E-state index is 0.0526. The zero-order valence-electron chi connectivity index (χ0n) is 14.3. The van der Waals surface area contributed by atoms with Crippen molar-refractivity contribution < 1.29 is 17.9 Å². The van der Waals surface area contributed by atoms with Crippen LogP contribution >= 0.6 is 11.6 Å². The highest BCUT2D eigenvalue weighted by atomic mass is 35.5. The second kappa shape index (κ2) is 8.73. The second-order valence-corrected chi connectivity index (χ2v) is 7.75. The highest BCUT2D eigenvalue weighted by Crippen LogP contribution is 2.28. The fourth-order valence-corrected chi connectivity index (χ4v) is 2.91. The summed E-state index contributed by atoms with van der Waals surface area (Å²) >= 11 is 5.90. The van der Waals surface area contributed by atoms with Gasteiger partial charge in [-0.05, 0) is 42.8 Å². The highest BCUT2D eigenvalue weighted by molar-refractivity contribution is 7.92. The molecule has 2 N–H and O–H groups in total. The molecule has 0 saturated carbocycles. The maximum Gasteiger partial charge on any atom is 0.248 e. The Bertz CT molecular complexity index is 927. The highest BCUT2D eigenvalue weighted by Gasteiger charge is 2.12. The van der Waals surface area contributed by atoms with E-state index in [9.17, 15) is 13.2 Å². The van der Waals surface area contributed by atoms with Gasteiger partial charge < -0.3 is 10.1 Å². The predicted molar refractivity (Wildman–Crippen MR) is 105 cm³/mol. The summed E-state index contributed by atoms with van der Waals surface area (Å²) in [5, 5.41) is 3.28. The summed E-state index contributed by atoms with van der Waals surface area (Å²) in [7, 11) is -2.00. The van der Waals surface area contributed by atoms with Crippen LogP contribution in [0.4, 0.5) is 11.4 Å². The Hall–Kier alpha value is -2.51. The van der Waals surface area contributed by atoms with Crippen molar-refractivity contribution in [3.63, 3.8) is 0 Å². The number of halogens is 1. The molecule has 0 radical (unpaired) electrons. The number of rotatable bonds is 7. The van der Waals surface area contributed by atoms with Crippen molar-refractivity contribution in [3.8, 4) is 5.75 Å². The van der Waals surface area contributed by atoms with E-state index >= 15 is 0 Å². The zero-order valence-corrected chi connectivity index (χ0v) is 15.9. The molecule has 2 aromatic carbocycles. The molecule has 0 bridgehead atoms. The van der Waals surface area contributed by atoms with Gasteiger partial charge in [0.15, 0.2) is 0 Å². The number of benzene rings is 2. The number of hydrogen-bond donors (Lipinski definition) is 2. The molecule has 26 heavy (non-hydrogen) atoms. The van der Waals surface area contributed by atoms with Crippen LogP contribution in [0.2, 0.25) is 5.02 Å². The maximum atomic E-state index is 12.0. The largest absolute Gasteiger partial charge is 0.494 e. The Morgan fingerprint density at radius 2 is 2.00 bits per heavy atom. The van der Waals surface area contributed by atoms with Gasteiger partial charge in [-0.25, -0.2) is 8.42 Å². The van der Waals surface area contributed by atoms with Gasteiger partial charge in [-0.3, -0.25) is 9.52 Å². The number of ether oxygens (including phenoxy) is 1. The Kier molecular flexibility index (Phi) is 6.65. The van der Waals surface area contributed by atoms with E-state index in [1.54, 1.807) is 36.4 Å². The van der Waals surface area contributed by atoms with Gasteiger partial charge in [0.25, 0.3) is 0 Å². The summed E-state index contributed by atoms with van der Waals surface area (Å²) in [5.41, 5.74) is 1.58. The van der Waals surface area contributed by atoms with Crippen molar-refractivity contribution >= 4 is 45.0 Å². The van der Waals surface area contributed by atoms with Crippen molar-refractivity contribution in [1.82, 2.24) is 0 Å². The summed E-state index contributed by atoms with van der Waals surface area (Å²) in [6.07, 6.45) is 3.02. The second-order valence-electron chi connectivity index (χ2n) is 5.30. The van der Waals surface area contributed by atoms with E-state index in [4.69, 9.17) is 16.3 Å². The number of carbonyl (C=O) groups excluding carboxylic acids is 1. The molecule has 2 rings (SSSR count). The van der Waals surface area contributed by atoms with Crippen molar-refractivity contribution in [2.75, 3.05) is 22.9 Å². The molecule has 0 unspecified atom stereocenters. The topological polar surface area (TPSA) is 84.5 Å². The van der Waals surface area contributed by atoms with Gasteiger partial charge in [0.2, 0.25) is 15.9 Å². The Morgan fingerprint density at radius 1 is 1.23 bits per heavy atom. The van der Waals surface area contributed by atoms with Crippen LogP contribution in [-0.2, 0) is 14.8 Å². The lowest BCUT2D eigenvalue weighted by atomic mass is 10.2. The van der Waals surface area contributed by atoms with E-state index < -0.39 is 10.0 Å². The quantitative estimate of drug-likeness (QED) is 0.700. The number of sulfonamides is 1. The summed E-state index contributed by atoms with van der Waals surface area (Å²) in [6, 6.07) is 11.8. The predicted octanol–water partition coefficient (Wildman–Crippen LogP) is 3.76. The molecule has 0 spiro atoms. The molecule has 0 aliphatic rings. The first-order chi connectivity index (χ1) is 12.3. The third kappa shape index (κ3) is 5.79. The Balaban J connectivity index is 2.10. The number of carbonyl (C=O) groups is 1. The zero-order chi connectivity index (χ0) is 19.2. The summed E-state index contributed by atoms with van der Waals surface area (Å²) < 4.78 is 31.0. The first-order valence-corrected chi connectivity index (χ1v) is 9.79. The van der Waals surface area contributed by atoms with Gasteiger partial charge in [0, 0.05) is 22.9 Å². The standard InChI is InChI=1S/C18H19ClN2O4S/c1-3-26(23,24)21-16-9-8-15(12-17(16)25-2)20-18(22)10-7-13-5-4-6-14(19)11-13/h4-12,21H,3H2,1-2H3,(H,20,22)/b10-7+. The lowest BCUT2D eigenvalue weighted by Gasteiger charge is -2.12. The normalized spacial score (nSPS) is 11.3. The number of methoxy groups -OCH3 is 1. The SMILES string of the molecule is CCS(=O)(=O)Nc1ccc(NC(=O)/C=C/c2cccc(Cl)c2)cc1OC. The van der Waals surface area contributed by atoms with E-state index in [1.165, 1.54) is 26.2 Å². The average Bonchev–Trinajstić information content (AvgIpc) is 2.61. The fraction of sp³-hybridized carbons (Fsp3) is 0.167. The first-order valence-electron chi connectivity index (χ1n) is 7.76. The number of amides is 1. The molecular formula is C18H19ClN2O4S. The van der Waals surface area contributed by atoms with Crippen LogP contribution in [0.1, 0.15) is 12.5 Å². The van der Waals surface area contributed by atoms with Gasteiger partial charge >= 0.3 is 0 Å². The van der Waals surface area contributed by atoms with Gasteiger partial charge in [-0.15, -0.1) is 0 Å². The number of anilines is 2. The van der Waals surface area contributed by atoms with E-state index in [-0.39, 0.29) is 11.7 Å². The monoisotopic (exact) mass is 394 g/mol. The summed E-state index contributed by atoms with van der Waals surface area (Å²) in [4.78, 5) is 12.0. The van der Waals surface area contributed by atoms with Crippen molar-refractivity contribution in [2.24, 2.45) is 0 Å². The molecule has 1 amide bonds. The van der Waals surface area contributed by atoms with Crippen LogP contribution in [0.15, 0.2) is 48.5 Å². The average molecular weight is 395 g/mol. The molecule has 2 aromatic rings. The molecule has 0 atom stereocenters. The maximum absolute atomic E-state index is 12.0. The molecule has 0 aliphatic carbocycles. The molecule has 138 valence electrons. The molecule has 0 aliphatic heterocycles. The summed E-state index contributed by atoms with van der Waals surface area (Å²) in [5.74, 6) is -0.0873. The van der Waals surface area contributed by atoms with Crippen LogP contribution in [0.5, 0.6) is 5.75 Å². The van der Waals surface area contributed by atoms with Crippen LogP contribution in [-0.4, -0.2) is 27.2 Å². The Morgan fingerprint density at radius 3 is 2.65 bits per heavy atom. The molecule has 0 saturated heterocycles. The minimum Gasteiger partial charge on any atom is -0.494 e. The van der Waals surface area contributed by atoms with Gasteiger partial charge in [0.1, 0.15) is 5.75 Å². The lowest BCUT2D eigenvalue weighted by Crippen LogP contribution is -2.15. The molecule has 0 fully saturated rings. The van der Waals surface area contributed by atoms with Crippen molar-refractivity contribution in [1.29, 1.82) is 0 Å². The van der Waals surface area contributed by atoms with Gasteiger partial charge in [-0.2, -0.15) is 0 Å². The van der Waals surface area contributed by atoms with E-state index in [0.29, 0.717) is 22.1 Å². The van der Waals surface area contributed by atoms with Crippen molar-refractivity contribution in [2.45, 2.75) is 6.92 Å². The Labute approximate surface area is 157 Å². The van der Waals surface area contributed by atoms with E-state index in [2.05, 4.69) is 10.0 Å². The van der Waals surface area contributed by atoms with Crippen LogP contribution in [0, 0.1) is 0 Å². The van der Waals surface area contributed by atoms with Gasteiger partial charge in [-0.1, -0.05) is 23.7 Å². The summed E-state index contributed by atoms with van der Waals surface area (Å²) in [6.45, 7) is 1.54. The fourth-order valence-electron chi connectivity index (χ4n) is 2.06. The lowest BCUT2D eigenvalue weighted by molar-refractivity contribution is -0.111. The van der Waals surface area contributed by atoms with Crippen LogP contribution in [0.25, 0.3) is 6.08 Å².